The Hall–Kier alpha value is -4.26. The third kappa shape index (κ3) is 4.45. The number of para-hydroxylation sites is 1. The Labute approximate surface area is 197 Å². The highest BCUT2D eigenvalue weighted by Crippen LogP contribution is 2.26. The van der Waals surface area contributed by atoms with Crippen LogP contribution >= 0.6 is 0 Å². The Kier molecular flexibility index (Phi) is 6.16. The molecule has 3 aromatic carbocycles. The first kappa shape index (κ1) is 21.6. The summed E-state index contributed by atoms with van der Waals surface area (Å²) < 4.78 is 5.38. The van der Waals surface area contributed by atoms with Gasteiger partial charge in [-0.1, -0.05) is 86.1 Å². The monoisotopic (exact) mass is 450 g/mol. The first-order chi connectivity index (χ1) is 16.7. The van der Waals surface area contributed by atoms with Crippen LogP contribution in [0.2, 0.25) is 0 Å². The van der Waals surface area contributed by atoms with Crippen LogP contribution in [0.1, 0.15) is 30.2 Å². The van der Waals surface area contributed by atoms with Gasteiger partial charge in [-0.25, -0.2) is 4.79 Å². The van der Waals surface area contributed by atoms with Gasteiger partial charge in [-0.2, -0.15) is 4.68 Å². The third-order valence-corrected chi connectivity index (χ3v) is 5.94. The first-order valence-electron chi connectivity index (χ1n) is 11.5. The number of aromatic nitrogens is 6. The highest BCUT2D eigenvalue weighted by Gasteiger charge is 2.13. The van der Waals surface area contributed by atoms with Crippen LogP contribution in [0.3, 0.4) is 0 Å². The second-order valence-electron chi connectivity index (χ2n) is 8.32. The van der Waals surface area contributed by atoms with E-state index in [2.05, 4.69) is 64.9 Å². The van der Waals surface area contributed by atoms with Crippen LogP contribution in [0.4, 0.5) is 0 Å². The molecule has 0 aliphatic heterocycles. The van der Waals surface area contributed by atoms with Crippen LogP contribution < -0.4 is 5.69 Å². The van der Waals surface area contributed by atoms with E-state index in [4.69, 9.17) is 0 Å². The lowest BCUT2D eigenvalue weighted by atomic mass is 10.0. The highest BCUT2D eigenvalue weighted by molar-refractivity contribution is 5.72. The van der Waals surface area contributed by atoms with Gasteiger partial charge < -0.3 is 0 Å². The Morgan fingerprint density at radius 3 is 2.29 bits per heavy atom. The molecule has 0 aliphatic rings. The molecule has 0 unspecified atom stereocenters. The molecule has 0 fully saturated rings. The lowest BCUT2D eigenvalue weighted by molar-refractivity contribution is 0.664. The molecule has 2 aromatic heterocycles. The molecule has 0 spiro atoms. The zero-order valence-electron chi connectivity index (χ0n) is 19.1. The minimum absolute atomic E-state index is 0.0282. The SMILES string of the molecule is CCCc1cn(Cc2ccccc2)c(=O)n1Cc1ccc(-c2ccccc2-n2cnnn2)cc1. The molecule has 0 amide bonds. The molecule has 2 heterocycles. The third-order valence-electron chi connectivity index (χ3n) is 5.94. The molecule has 0 saturated heterocycles. The predicted molar refractivity (Wildman–Crippen MR) is 132 cm³/mol. The normalized spacial score (nSPS) is 11.1. The molecule has 0 aliphatic carbocycles. The summed E-state index contributed by atoms with van der Waals surface area (Å²) >= 11 is 0. The summed E-state index contributed by atoms with van der Waals surface area (Å²) in [6.07, 6.45) is 5.46. The average molecular weight is 451 g/mol. The minimum atomic E-state index is 0.0282. The van der Waals surface area contributed by atoms with Crippen molar-refractivity contribution in [2.24, 2.45) is 0 Å². The molecule has 7 heteroatoms. The number of imidazole rings is 1. The van der Waals surface area contributed by atoms with E-state index >= 15 is 0 Å². The van der Waals surface area contributed by atoms with E-state index in [-0.39, 0.29) is 5.69 Å². The van der Waals surface area contributed by atoms with Gasteiger partial charge in [0, 0.05) is 17.5 Å². The van der Waals surface area contributed by atoms with E-state index < -0.39 is 0 Å². The highest BCUT2D eigenvalue weighted by atomic mass is 16.1. The van der Waals surface area contributed by atoms with E-state index in [1.54, 1.807) is 11.0 Å². The summed E-state index contributed by atoms with van der Waals surface area (Å²) in [5, 5.41) is 11.5. The number of tetrazole rings is 1. The van der Waals surface area contributed by atoms with Crippen molar-refractivity contribution in [1.29, 1.82) is 0 Å². The van der Waals surface area contributed by atoms with Crippen molar-refractivity contribution in [3.63, 3.8) is 0 Å². The smallest absolute Gasteiger partial charge is 0.295 e. The number of nitrogens with zero attached hydrogens (tertiary/aromatic N) is 6. The molecule has 0 bridgehead atoms. The van der Waals surface area contributed by atoms with E-state index in [0.717, 1.165) is 46.5 Å². The van der Waals surface area contributed by atoms with Crippen molar-refractivity contribution in [3.8, 4) is 16.8 Å². The maximum Gasteiger partial charge on any atom is 0.328 e. The number of rotatable bonds is 8. The van der Waals surface area contributed by atoms with Gasteiger partial charge in [0.2, 0.25) is 0 Å². The Balaban J connectivity index is 1.42. The Morgan fingerprint density at radius 1 is 0.824 bits per heavy atom. The zero-order valence-corrected chi connectivity index (χ0v) is 19.1. The summed E-state index contributed by atoms with van der Waals surface area (Å²) in [7, 11) is 0. The van der Waals surface area contributed by atoms with Gasteiger partial charge in [-0.15, -0.1) is 5.10 Å². The molecular weight excluding hydrogens is 424 g/mol. The van der Waals surface area contributed by atoms with Gasteiger partial charge in [-0.3, -0.25) is 9.13 Å². The van der Waals surface area contributed by atoms with Gasteiger partial charge >= 0.3 is 5.69 Å². The molecule has 5 rings (SSSR count). The minimum Gasteiger partial charge on any atom is -0.295 e. The van der Waals surface area contributed by atoms with Crippen LogP contribution in [-0.4, -0.2) is 29.3 Å². The summed E-state index contributed by atoms with van der Waals surface area (Å²) in [6.45, 7) is 3.27. The van der Waals surface area contributed by atoms with Crippen molar-refractivity contribution < 1.29 is 0 Å². The summed E-state index contributed by atoms with van der Waals surface area (Å²) in [5.74, 6) is 0. The summed E-state index contributed by atoms with van der Waals surface area (Å²) in [4.78, 5) is 13.2. The second-order valence-corrected chi connectivity index (χ2v) is 8.32. The molecule has 34 heavy (non-hydrogen) atoms. The fourth-order valence-electron chi connectivity index (χ4n) is 4.26. The fraction of sp³-hybridized carbons (Fsp3) is 0.185. The van der Waals surface area contributed by atoms with Crippen LogP contribution in [0.15, 0.2) is 96.2 Å². The van der Waals surface area contributed by atoms with E-state index in [1.165, 1.54) is 0 Å². The maximum absolute atomic E-state index is 13.2. The molecule has 0 saturated carbocycles. The van der Waals surface area contributed by atoms with Gasteiger partial charge in [0.25, 0.3) is 0 Å². The number of benzene rings is 3. The zero-order chi connectivity index (χ0) is 23.3. The molecule has 170 valence electrons. The fourth-order valence-corrected chi connectivity index (χ4v) is 4.26. The van der Waals surface area contributed by atoms with Crippen LogP contribution in [-0.2, 0) is 19.5 Å². The van der Waals surface area contributed by atoms with Gasteiger partial charge in [0.05, 0.1) is 18.8 Å². The van der Waals surface area contributed by atoms with E-state index in [0.29, 0.717) is 13.1 Å². The molecule has 0 N–H and O–H groups in total. The largest absolute Gasteiger partial charge is 0.328 e. The number of hydrogen-bond donors (Lipinski definition) is 0. The van der Waals surface area contributed by atoms with Crippen LogP contribution in [0, 0.1) is 0 Å². The van der Waals surface area contributed by atoms with Crippen molar-refractivity contribution >= 4 is 0 Å². The summed E-state index contributed by atoms with van der Waals surface area (Å²) in [5.41, 5.74) is 6.32. The number of hydrogen-bond acceptors (Lipinski definition) is 4. The van der Waals surface area contributed by atoms with E-state index in [9.17, 15) is 4.79 Å². The topological polar surface area (TPSA) is 70.5 Å². The molecule has 5 aromatic rings. The Bertz CT molecular complexity index is 1420. The Morgan fingerprint density at radius 2 is 1.56 bits per heavy atom. The quantitative estimate of drug-likeness (QED) is 0.353. The van der Waals surface area contributed by atoms with Crippen molar-refractivity contribution in [3.05, 3.63) is 119 Å². The lowest BCUT2D eigenvalue weighted by Gasteiger charge is -2.11. The molecule has 7 nitrogen and oxygen atoms in total. The average Bonchev–Trinajstić information content (AvgIpc) is 3.51. The van der Waals surface area contributed by atoms with Crippen molar-refractivity contribution in [2.75, 3.05) is 0 Å². The van der Waals surface area contributed by atoms with Crippen molar-refractivity contribution in [2.45, 2.75) is 32.9 Å². The lowest BCUT2D eigenvalue weighted by Crippen LogP contribution is -2.26. The van der Waals surface area contributed by atoms with E-state index in [1.807, 2.05) is 51.7 Å². The van der Waals surface area contributed by atoms with Crippen LogP contribution in [0.25, 0.3) is 16.8 Å². The van der Waals surface area contributed by atoms with Gasteiger partial charge in [0.15, 0.2) is 0 Å². The van der Waals surface area contributed by atoms with Crippen molar-refractivity contribution in [1.82, 2.24) is 29.3 Å². The maximum atomic E-state index is 13.2. The second kappa shape index (κ2) is 9.70. The molecular formula is C27H26N6O. The predicted octanol–water partition coefficient (Wildman–Crippen LogP) is 4.34. The molecule has 0 atom stereocenters. The summed E-state index contributed by atoms with van der Waals surface area (Å²) in [6, 6.07) is 26.5. The van der Waals surface area contributed by atoms with Gasteiger partial charge in [-0.05, 0) is 39.6 Å². The van der Waals surface area contributed by atoms with Crippen LogP contribution in [0.5, 0.6) is 0 Å². The number of aryl methyl sites for hydroxylation is 1. The molecule has 0 radical (unpaired) electrons. The van der Waals surface area contributed by atoms with Gasteiger partial charge in [0.1, 0.15) is 6.33 Å². The first-order valence-corrected chi connectivity index (χ1v) is 11.5. The standard InChI is InChI=1S/C27H26N6O/c1-2-8-24-19-31(17-21-9-4-3-5-10-21)27(34)32(24)18-22-13-15-23(16-14-22)25-11-6-7-12-26(25)33-20-28-29-30-33/h3-7,9-16,19-20H,2,8,17-18H2,1H3.